The first kappa shape index (κ1) is 24.2. The molecule has 2 rings (SSSR count). The maximum atomic E-state index is 5.43. The van der Waals surface area contributed by atoms with Crippen molar-refractivity contribution in [1.82, 2.24) is 20.4 Å². The Balaban J connectivity index is 0.00000392. The molecule has 8 nitrogen and oxygen atoms in total. The van der Waals surface area contributed by atoms with Crippen LogP contribution in [0.3, 0.4) is 0 Å². The number of halogens is 1. The lowest BCUT2D eigenvalue weighted by atomic mass is 10.3. The van der Waals surface area contributed by atoms with Gasteiger partial charge in [0.25, 0.3) is 0 Å². The van der Waals surface area contributed by atoms with Gasteiger partial charge in [-0.15, -0.1) is 24.0 Å². The number of ether oxygens (including phenoxy) is 3. The van der Waals surface area contributed by atoms with Gasteiger partial charge < -0.3 is 24.8 Å². The molecule has 2 aromatic rings. The van der Waals surface area contributed by atoms with Gasteiger partial charge in [0.1, 0.15) is 5.75 Å². The monoisotopic (exact) mass is 503 g/mol. The number of benzene rings is 1. The minimum Gasteiger partial charge on any atom is -0.497 e. The highest BCUT2D eigenvalue weighted by atomic mass is 127. The standard InChI is InChI=1S/C19H29N5O3.HI/c1-20-19(21-10-4-12-27-14-13-25-2)22-15-16-9-11-24(23-16)17-5-7-18(26-3)8-6-17;/h5-9,11H,4,10,12-15H2,1-3H3,(H2,20,21,22);1H. The summed E-state index contributed by atoms with van der Waals surface area (Å²) < 4.78 is 17.4. The second kappa shape index (κ2) is 14.2. The number of aromatic nitrogens is 2. The first-order chi connectivity index (χ1) is 13.3. The van der Waals surface area contributed by atoms with E-state index in [2.05, 4.69) is 20.7 Å². The van der Waals surface area contributed by atoms with Crippen LogP contribution in [-0.4, -0.2) is 63.4 Å². The molecule has 0 spiro atoms. The number of nitrogens with one attached hydrogen (secondary N) is 2. The molecule has 0 amide bonds. The molecular weight excluding hydrogens is 473 g/mol. The number of methoxy groups -OCH3 is 2. The average Bonchev–Trinajstić information content (AvgIpc) is 3.18. The Morgan fingerprint density at radius 3 is 2.54 bits per heavy atom. The van der Waals surface area contributed by atoms with Crippen LogP contribution in [0.15, 0.2) is 41.5 Å². The van der Waals surface area contributed by atoms with Crippen LogP contribution in [-0.2, 0) is 16.0 Å². The van der Waals surface area contributed by atoms with Gasteiger partial charge in [-0.2, -0.15) is 5.10 Å². The summed E-state index contributed by atoms with van der Waals surface area (Å²) in [5.41, 5.74) is 1.91. The van der Waals surface area contributed by atoms with Crippen molar-refractivity contribution < 1.29 is 14.2 Å². The molecule has 156 valence electrons. The van der Waals surface area contributed by atoms with Crippen LogP contribution in [0.25, 0.3) is 5.69 Å². The summed E-state index contributed by atoms with van der Waals surface area (Å²) in [5, 5.41) is 11.1. The molecule has 0 bridgehead atoms. The maximum Gasteiger partial charge on any atom is 0.191 e. The van der Waals surface area contributed by atoms with Crippen LogP contribution in [0, 0.1) is 0 Å². The zero-order valence-electron chi connectivity index (χ0n) is 16.7. The van der Waals surface area contributed by atoms with Crippen LogP contribution in [0.5, 0.6) is 5.75 Å². The van der Waals surface area contributed by atoms with Crippen molar-refractivity contribution in [2.24, 2.45) is 4.99 Å². The molecule has 0 aliphatic heterocycles. The number of nitrogens with zero attached hydrogens (tertiary/aromatic N) is 3. The van der Waals surface area contributed by atoms with E-state index >= 15 is 0 Å². The fraction of sp³-hybridized carbons (Fsp3) is 0.474. The number of rotatable bonds is 11. The number of hydrogen-bond donors (Lipinski definition) is 2. The topological polar surface area (TPSA) is 81.9 Å². The van der Waals surface area contributed by atoms with Gasteiger partial charge in [0.05, 0.1) is 38.2 Å². The first-order valence-corrected chi connectivity index (χ1v) is 8.97. The minimum atomic E-state index is 0. The van der Waals surface area contributed by atoms with E-state index in [0.717, 1.165) is 36.1 Å². The molecule has 0 unspecified atom stereocenters. The highest BCUT2D eigenvalue weighted by Crippen LogP contribution is 2.14. The van der Waals surface area contributed by atoms with Crippen LogP contribution < -0.4 is 15.4 Å². The third-order valence-corrected chi connectivity index (χ3v) is 3.83. The van der Waals surface area contributed by atoms with E-state index in [-0.39, 0.29) is 24.0 Å². The molecule has 0 atom stereocenters. The summed E-state index contributed by atoms with van der Waals surface area (Å²) >= 11 is 0. The highest BCUT2D eigenvalue weighted by molar-refractivity contribution is 14.0. The third-order valence-electron chi connectivity index (χ3n) is 3.83. The van der Waals surface area contributed by atoms with Crippen LogP contribution in [0.2, 0.25) is 0 Å². The lowest BCUT2D eigenvalue weighted by Gasteiger charge is -2.11. The molecule has 0 aliphatic carbocycles. The summed E-state index contributed by atoms with van der Waals surface area (Å²) in [5.74, 6) is 1.57. The van der Waals surface area contributed by atoms with Crippen molar-refractivity contribution in [2.75, 3.05) is 47.6 Å². The zero-order valence-corrected chi connectivity index (χ0v) is 19.0. The van der Waals surface area contributed by atoms with Crippen molar-refractivity contribution in [2.45, 2.75) is 13.0 Å². The molecule has 28 heavy (non-hydrogen) atoms. The fourth-order valence-corrected chi connectivity index (χ4v) is 2.35. The molecular formula is C19H30IN5O3. The number of aliphatic imine (C=N–C) groups is 1. The normalized spacial score (nSPS) is 11.0. The van der Waals surface area contributed by atoms with Gasteiger partial charge in [-0.05, 0) is 36.8 Å². The Kier molecular flexibility index (Phi) is 12.3. The maximum absolute atomic E-state index is 5.43. The molecule has 1 aromatic carbocycles. The molecule has 1 heterocycles. The Labute approximate surface area is 183 Å². The summed E-state index contributed by atoms with van der Waals surface area (Å²) in [6.45, 7) is 3.32. The van der Waals surface area contributed by atoms with E-state index in [1.54, 1.807) is 21.3 Å². The van der Waals surface area contributed by atoms with Gasteiger partial charge in [0.15, 0.2) is 5.96 Å². The minimum absolute atomic E-state index is 0. The number of guanidine groups is 1. The lowest BCUT2D eigenvalue weighted by molar-refractivity contribution is 0.0698. The third kappa shape index (κ3) is 8.44. The van der Waals surface area contributed by atoms with E-state index in [1.807, 2.05) is 41.2 Å². The summed E-state index contributed by atoms with van der Waals surface area (Å²) in [4.78, 5) is 4.22. The summed E-state index contributed by atoms with van der Waals surface area (Å²) in [6, 6.07) is 9.75. The number of hydrogen-bond acceptors (Lipinski definition) is 5. The molecule has 9 heteroatoms. The van der Waals surface area contributed by atoms with Crippen LogP contribution >= 0.6 is 24.0 Å². The second-order valence-electron chi connectivity index (χ2n) is 5.76. The van der Waals surface area contributed by atoms with Gasteiger partial charge in [-0.25, -0.2) is 4.68 Å². The molecule has 2 N–H and O–H groups in total. The van der Waals surface area contributed by atoms with Gasteiger partial charge in [0, 0.05) is 33.5 Å². The fourth-order valence-electron chi connectivity index (χ4n) is 2.35. The Morgan fingerprint density at radius 2 is 1.86 bits per heavy atom. The summed E-state index contributed by atoms with van der Waals surface area (Å²) in [6.07, 6.45) is 2.84. The van der Waals surface area contributed by atoms with E-state index in [1.165, 1.54) is 0 Å². The SMILES string of the molecule is CN=C(NCCCOCCOC)NCc1ccn(-c2ccc(OC)cc2)n1.I. The van der Waals surface area contributed by atoms with Crippen molar-refractivity contribution in [3.63, 3.8) is 0 Å². The first-order valence-electron chi connectivity index (χ1n) is 8.97. The quantitative estimate of drug-likeness (QED) is 0.212. The molecule has 0 saturated carbocycles. The highest BCUT2D eigenvalue weighted by Gasteiger charge is 2.03. The van der Waals surface area contributed by atoms with E-state index in [0.29, 0.717) is 26.4 Å². The predicted octanol–water partition coefficient (Wildman–Crippen LogP) is 2.22. The van der Waals surface area contributed by atoms with Gasteiger partial charge >= 0.3 is 0 Å². The van der Waals surface area contributed by atoms with Crippen molar-refractivity contribution >= 4 is 29.9 Å². The average molecular weight is 503 g/mol. The largest absolute Gasteiger partial charge is 0.497 e. The van der Waals surface area contributed by atoms with Gasteiger partial charge in [0.2, 0.25) is 0 Å². The van der Waals surface area contributed by atoms with E-state index in [4.69, 9.17) is 14.2 Å². The van der Waals surface area contributed by atoms with Crippen LogP contribution in [0.1, 0.15) is 12.1 Å². The molecule has 0 aliphatic rings. The Hall–Kier alpha value is -1.85. The molecule has 1 aromatic heterocycles. The van der Waals surface area contributed by atoms with Crippen molar-refractivity contribution in [3.8, 4) is 11.4 Å². The van der Waals surface area contributed by atoms with Crippen molar-refractivity contribution in [3.05, 3.63) is 42.2 Å². The van der Waals surface area contributed by atoms with Gasteiger partial charge in [-0.1, -0.05) is 0 Å². The summed E-state index contributed by atoms with van der Waals surface area (Å²) in [7, 11) is 5.07. The van der Waals surface area contributed by atoms with Gasteiger partial charge in [-0.3, -0.25) is 4.99 Å². The Bertz CT molecular complexity index is 691. The van der Waals surface area contributed by atoms with Crippen molar-refractivity contribution in [1.29, 1.82) is 0 Å². The predicted molar refractivity (Wildman–Crippen MR) is 121 cm³/mol. The lowest BCUT2D eigenvalue weighted by Crippen LogP contribution is -2.37. The Morgan fingerprint density at radius 1 is 1.07 bits per heavy atom. The van der Waals surface area contributed by atoms with Crippen LogP contribution in [0.4, 0.5) is 0 Å². The molecule has 0 fully saturated rings. The second-order valence-corrected chi connectivity index (χ2v) is 5.76. The smallest absolute Gasteiger partial charge is 0.191 e. The van der Waals surface area contributed by atoms with E-state index < -0.39 is 0 Å². The zero-order chi connectivity index (χ0) is 19.3. The molecule has 0 radical (unpaired) electrons. The van der Waals surface area contributed by atoms with E-state index in [9.17, 15) is 0 Å². The molecule has 0 saturated heterocycles.